The van der Waals surface area contributed by atoms with Crippen LogP contribution in [0.25, 0.3) is 28.0 Å². The van der Waals surface area contributed by atoms with Gasteiger partial charge >= 0.3 is 0 Å². The smallest absolute Gasteiger partial charge is 0.178 e. The second-order valence-corrected chi connectivity index (χ2v) is 6.35. The second kappa shape index (κ2) is 6.68. The highest BCUT2D eigenvalue weighted by Crippen LogP contribution is 2.34. The van der Waals surface area contributed by atoms with Crippen LogP contribution in [0, 0.1) is 6.92 Å². The van der Waals surface area contributed by atoms with E-state index in [1.807, 2.05) is 66.1 Å². The first-order chi connectivity index (χ1) is 13.1. The number of aryl methyl sites for hydroxylation is 1. The minimum absolute atomic E-state index is 0.0109. The summed E-state index contributed by atoms with van der Waals surface area (Å²) in [6.45, 7) is 3.44. The molecule has 0 N–H and O–H groups in total. The molecule has 2 aromatic heterocycles. The van der Waals surface area contributed by atoms with Crippen LogP contribution in [0.3, 0.4) is 0 Å². The fourth-order valence-electron chi connectivity index (χ4n) is 3.42. The summed E-state index contributed by atoms with van der Waals surface area (Å²) in [6, 6.07) is 17.6. The lowest BCUT2D eigenvalue weighted by atomic mass is 9.95. The maximum atomic E-state index is 12.5. The number of carbonyl (C=O) groups excluding carboxylic acids is 1. The summed E-state index contributed by atoms with van der Waals surface area (Å²) in [6.07, 6.45) is 1.75. The molecule has 134 valence electrons. The standard InChI is InChI=1S/C22H19N3O2/c1-14-19(15(2)26)20(16-7-5-4-6-8-16)21-22(24-14)23-13-25(21)17-9-11-18(27-3)12-10-17/h4-13H,1-3H3. The van der Waals surface area contributed by atoms with E-state index in [0.717, 1.165) is 28.1 Å². The Kier molecular flexibility index (Phi) is 4.20. The number of fused-ring (bicyclic) bond motifs is 1. The van der Waals surface area contributed by atoms with Gasteiger partial charge in [0.25, 0.3) is 0 Å². The number of ether oxygens (including phenoxy) is 1. The highest BCUT2D eigenvalue weighted by molar-refractivity contribution is 6.08. The molecule has 0 saturated carbocycles. The molecule has 4 rings (SSSR count). The zero-order valence-corrected chi connectivity index (χ0v) is 15.4. The van der Waals surface area contributed by atoms with E-state index < -0.39 is 0 Å². The Morgan fingerprint density at radius 2 is 1.74 bits per heavy atom. The number of methoxy groups -OCH3 is 1. The topological polar surface area (TPSA) is 57.0 Å². The molecule has 2 aromatic carbocycles. The summed E-state index contributed by atoms with van der Waals surface area (Å²) in [5.41, 5.74) is 5.51. The molecule has 4 aromatic rings. The molecule has 0 amide bonds. The summed E-state index contributed by atoms with van der Waals surface area (Å²) < 4.78 is 7.22. The fourth-order valence-corrected chi connectivity index (χ4v) is 3.42. The summed E-state index contributed by atoms with van der Waals surface area (Å²) in [7, 11) is 1.64. The maximum Gasteiger partial charge on any atom is 0.178 e. The van der Waals surface area contributed by atoms with E-state index in [4.69, 9.17) is 4.74 Å². The van der Waals surface area contributed by atoms with Gasteiger partial charge in [-0.2, -0.15) is 0 Å². The molecular formula is C22H19N3O2. The first-order valence-electron chi connectivity index (χ1n) is 8.68. The van der Waals surface area contributed by atoms with Crippen LogP contribution in [0.15, 0.2) is 60.9 Å². The Morgan fingerprint density at radius 3 is 2.37 bits per heavy atom. The number of hydrogen-bond acceptors (Lipinski definition) is 4. The molecule has 27 heavy (non-hydrogen) atoms. The number of imidazole rings is 1. The number of hydrogen-bond donors (Lipinski definition) is 0. The fraction of sp³-hybridized carbons (Fsp3) is 0.136. The van der Waals surface area contributed by atoms with Crippen LogP contribution in [0.1, 0.15) is 23.0 Å². The Hall–Kier alpha value is -3.47. The van der Waals surface area contributed by atoms with Gasteiger partial charge in [0.15, 0.2) is 11.4 Å². The van der Waals surface area contributed by atoms with Crippen molar-refractivity contribution in [3.8, 4) is 22.6 Å². The summed E-state index contributed by atoms with van der Waals surface area (Å²) in [5, 5.41) is 0. The third-order valence-corrected chi connectivity index (χ3v) is 4.64. The van der Waals surface area contributed by atoms with Crippen molar-refractivity contribution < 1.29 is 9.53 Å². The van der Waals surface area contributed by atoms with Gasteiger partial charge in [-0.15, -0.1) is 0 Å². The molecule has 0 bridgehead atoms. The highest BCUT2D eigenvalue weighted by Gasteiger charge is 2.21. The number of carbonyl (C=O) groups is 1. The van der Waals surface area contributed by atoms with E-state index in [0.29, 0.717) is 16.9 Å². The summed E-state index contributed by atoms with van der Waals surface area (Å²) in [5.74, 6) is 0.771. The van der Waals surface area contributed by atoms with Crippen LogP contribution in [-0.2, 0) is 0 Å². The van der Waals surface area contributed by atoms with Crippen LogP contribution in [0.4, 0.5) is 0 Å². The van der Waals surface area contributed by atoms with Gasteiger partial charge in [0.05, 0.1) is 12.8 Å². The lowest BCUT2D eigenvalue weighted by Crippen LogP contribution is -2.05. The quantitative estimate of drug-likeness (QED) is 0.501. The van der Waals surface area contributed by atoms with Gasteiger partial charge in [-0.3, -0.25) is 9.36 Å². The third-order valence-electron chi connectivity index (χ3n) is 4.64. The van der Waals surface area contributed by atoms with Gasteiger partial charge in [-0.05, 0) is 43.7 Å². The zero-order valence-electron chi connectivity index (χ0n) is 15.4. The molecule has 0 aliphatic heterocycles. The lowest BCUT2D eigenvalue weighted by Gasteiger charge is -2.14. The molecule has 5 nitrogen and oxygen atoms in total. The SMILES string of the molecule is COc1ccc(-n2cnc3nc(C)c(C(C)=O)c(-c4ccccc4)c32)cc1. The predicted octanol–water partition coefficient (Wildman–Crippen LogP) is 4.61. The van der Waals surface area contributed by atoms with E-state index in [9.17, 15) is 4.79 Å². The maximum absolute atomic E-state index is 12.5. The van der Waals surface area contributed by atoms with Gasteiger partial charge < -0.3 is 4.74 Å². The minimum atomic E-state index is -0.0109. The van der Waals surface area contributed by atoms with Crippen molar-refractivity contribution in [1.82, 2.24) is 14.5 Å². The van der Waals surface area contributed by atoms with E-state index in [1.54, 1.807) is 20.4 Å². The molecule has 0 atom stereocenters. The Morgan fingerprint density at radius 1 is 1.04 bits per heavy atom. The number of aromatic nitrogens is 3. The van der Waals surface area contributed by atoms with Crippen LogP contribution >= 0.6 is 0 Å². The number of pyridine rings is 1. The highest BCUT2D eigenvalue weighted by atomic mass is 16.5. The number of ketones is 1. The minimum Gasteiger partial charge on any atom is -0.497 e. The molecule has 0 aliphatic rings. The van der Waals surface area contributed by atoms with Gasteiger partial charge in [0, 0.05) is 16.8 Å². The van der Waals surface area contributed by atoms with E-state index in [2.05, 4.69) is 9.97 Å². The van der Waals surface area contributed by atoms with Crippen LogP contribution in [-0.4, -0.2) is 27.4 Å². The van der Waals surface area contributed by atoms with E-state index in [1.165, 1.54) is 0 Å². The molecular weight excluding hydrogens is 338 g/mol. The Balaban J connectivity index is 2.08. The van der Waals surface area contributed by atoms with Crippen molar-refractivity contribution in [1.29, 1.82) is 0 Å². The number of nitrogens with zero attached hydrogens (tertiary/aromatic N) is 3. The Bertz CT molecular complexity index is 1130. The van der Waals surface area contributed by atoms with Crippen molar-refractivity contribution in [2.45, 2.75) is 13.8 Å². The molecule has 0 fully saturated rings. The van der Waals surface area contributed by atoms with Crippen molar-refractivity contribution in [2.75, 3.05) is 7.11 Å². The van der Waals surface area contributed by atoms with Crippen molar-refractivity contribution in [3.63, 3.8) is 0 Å². The molecule has 0 spiro atoms. The first kappa shape index (κ1) is 17.0. The van der Waals surface area contributed by atoms with Gasteiger partial charge in [-0.25, -0.2) is 9.97 Å². The monoisotopic (exact) mass is 357 g/mol. The van der Waals surface area contributed by atoms with Crippen LogP contribution in [0.5, 0.6) is 5.75 Å². The third kappa shape index (κ3) is 2.87. The van der Waals surface area contributed by atoms with Crippen molar-refractivity contribution in [2.24, 2.45) is 0 Å². The summed E-state index contributed by atoms with van der Waals surface area (Å²) >= 11 is 0. The average molecular weight is 357 g/mol. The van der Waals surface area contributed by atoms with Gasteiger partial charge in [0.1, 0.15) is 17.6 Å². The van der Waals surface area contributed by atoms with Crippen LogP contribution in [0.2, 0.25) is 0 Å². The van der Waals surface area contributed by atoms with Crippen molar-refractivity contribution in [3.05, 3.63) is 72.2 Å². The molecule has 0 saturated heterocycles. The second-order valence-electron chi connectivity index (χ2n) is 6.35. The molecule has 2 heterocycles. The average Bonchev–Trinajstić information content (AvgIpc) is 3.10. The first-order valence-corrected chi connectivity index (χ1v) is 8.68. The zero-order chi connectivity index (χ0) is 19.0. The van der Waals surface area contributed by atoms with Gasteiger partial charge in [0.2, 0.25) is 0 Å². The van der Waals surface area contributed by atoms with E-state index in [-0.39, 0.29) is 5.78 Å². The molecule has 0 unspecified atom stereocenters. The lowest BCUT2D eigenvalue weighted by molar-refractivity contribution is 0.101. The predicted molar refractivity (Wildman–Crippen MR) is 106 cm³/mol. The van der Waals surface area contributed by atoms with Gasteiger partial charge in [-0.1, -0.05) is 30.3 Å². The van der Waals surface area contributed by atoms with E-state index >= 15 is 0 Å². The molecule has 0 radical (unpaired) electrons. The number of rotatable bonds is 4. The molecule has 5 heteroatoms. The largest absolute Gasteiger partial charge is 0.497 e. The normalized spacial score (nSPS) is 10.9. The van der Waals surface area contributed by atoms with Crippen LogP contribution < -0.4 is 4.74 Å². The summed E-state index contributed by atoms with van der Waals surface area (Å²) in [4.78, 5) is 21.6. The number of benzene rings is 2. The number of Topliss-reactive ketones (excluding diaryl/α,β-unsaturated/α-hetero) is 1. The molecule has 0 aliphatic carbocycles. The van der Waals surface area contributed by atoms with Crippen molar-refractivity contribution >= 4 is 16.9 Å². The Labute approximate surface area is 157 Å².